The summed E-state index contributed by atoms with van der Waals surface area (Å²) in [6, 6.07) is -0.577. The maximum atomic E-state index is 12.3. The van der Waals surface area contributed by atoms with Crippen LogP contribution in [0.1, 0.15) is 37.2 Å². The number of carbonyl (C=O) groups excluding carboxylic acids is 1. The van der Waals surface area contributed by atoms with Crippen molar-refractivity contribution in [2.24, 2.45) is 0 Å². The fourth-order valence-corrected chi connectivity index (χ4v) is 2.13. The smallest absolute Gasteiger partial charge is 0.391 e. The van der Waals surface area contributed by atoms with Gasteiger partial charge in [0, 0.05) is 12.1 Å². The van der Waals surface area contributed by atoms with Gasteiger partial charge in [-0.2, -0.15) is 18.3 Å². The minimum atomic E-state index is -4.67. The second kappa shape index (κ2) is 6.80. The van der Waals surface area contributed by atoms with E-state index in [9.17, 15) is 22.8 Å². The molecule has 2 unspecified atom stereocenters. The van der Waals surface area contributed by atoms with Gasteiger partial charge in [0.1, 0.15) is 6.04 Å². The largest absolute Gasteiger partial charge is 0.480 e. The normalized spacial score (nSPS) is 14.5. The number of halogens is 3. The lowest BCUT2D eigenvalue weighted by atomic mass is 10.1. The van der Waals surface area contributed by atoms with Gasteiger partial charge in [0.05, 0.1) is 18.2 Å². The van der Waals surface area contributed by atoms with E-state index in [4.69, 9.17) is 5.11 Å². The molecule has 0 spiro atoms. The predicted octanol–water partition coefficient (Wildman–Crippen LogP) is 1.97. The zero-order chi connectivity index (χ0) is 17.1. The molecule has 6 nitrogen and oxygen atoms in total. The number of carboxylic acid groups (broad SMARTS) is 1. The molecule has 124 valence electrons. The maximum Gasteiger partial charge on any atom is 0.391 e. The van der Waals surface area contributed by atoms with Crippen LogP contribution in [-0.2, 0) is 9.59 Å². The third-order valence-electron chi connectivity index (χ3n) is 3.01. The molecule has 0 radical (unpaired) electrons. The fourth-order valence-electron chi connectivity index (χ4n) is 2.13. The van der Waals surface area contributed by atoms with Crippen molar-refractivity contribution in [2.45, 2.75) is 51.9 Å². The molecule has 0 aromatic carbocycles. The Kier molecular flexibility index (Phi) is 5.56. The molecule has 1 heterocycles. The molecule has 1 aromatic rings. The zero-order valence-electron chi connectivity index (χ0n) is 12.4. The van der Waals surface area contributed by atoms with Gasteiger partial charge in [0.25, 0.3) is 0 Å². The van der Waals surface area contributed by atoms with Crippen molar-refractivity contribution in [2.75, 3.05) is 0 Å². The summed E-state index contributed by atoms with van der Waals surface area (Å²) in [5, 5.41) is 14.8. The summed E-state index contributed by atoms with van der Waals surface area (Å²) in [6.07, 6.45) is -6.44. The summed E-state index contributed by atoms with van der Waals surface area (Å²) >= 11 is 0. The SMILES string of the molecule is Cc1cc(C)n(C(C)CC(=O)NC(CC(F)(F)F)C(=O)O)n1. The number of aromatic nitrogens is 2. The number of carbonyl (C=O) groups is 2. The first-order chi connectivity index (χ1) is 9.99. The fraction of sp³-hybridized carbons (Fsp3) is 0.615. The minimum Gasteiger partial charge on any atom is -0.480 e. The summed E-state index contributed by atoms with van der Waals surface area (Å²) in [5.74, 6) is -2.49. The molecule has 9 heteroatoms. The molecule has 0 fully saturated rings. The van der Waals surface area contributed by atoms with Gasteiger partial charge in [-0.15, -0.1) is 0 Å². The molecular weight excluding hydrogens is 303 g/mol. The number of hydrogen-bond acceptors (Lipinski definition) is 3. The molecular formula is C13H18F3N3O3. The van der Waals surface area contributed by atoms with E-state index in [2.05, 4.69) is 5.10 Å². The standard InChI is InChI=1S/C13H18F3N3O3/c1-7-4-8(2)19(18-7)9(3)5-11(20)17-10(12(21)22)6-13(14,15)16/h4,9-10H,5-6H2,1-3H3,(H,17,20)(H,21,22). The molecule has 0 bridgehead atoms. The summed E-state index contributed by atoms with van der Waals surface area (Å²) in [5.41, 5.74) is 1.56. The van der Waals surface area contributed by atoms with Crippen LogP contribution < -0.4 is 5.32 Å². The van der Waals surface area contributed by atoms with Crippen molar-refractivity contribution >= 4 is 11.9 Å². The molecule has 1 aromatic heterocycles. The molecule has 0 saturated heterocycles. The van der Waals surface area contributed by atoms with Crippen molar-refractivity contribution < 1.29 is 27.9 Å². The second-order valence-corrected chi connectivity index (χ2v) is 5.20. The second-order valence-electron chi connectivity index (χ2n) is 5.20. The lowest BCUT2D eigenvalue weighted by molar-refractivity contribution is -0.160. The van der Waals surface area contributed by atoms with E-state index in [0.29, 0.717) is 0 Å². The van der Waals surface area contributed by atoms with Gasteiger partial charge in [0.15, 0.2) is 0 Å². The monoisotopic (exact) mass is 321 g/mol. The Labute approximate surface area is 125 Å². The Morgan fingerprint density at radius 2 is 2.00 bits per heavy atom. The van der Waals surface area contributed by atoms with Gasteiger partial charge >= 0.3 is 12.1 Å². The van der Waals surface area contributed by atoms with Crippen molar-refractivity contribution in [1.29, 1.82) is 0 Å². The van der Waals surface area contributed by atoms with Crippen LogP contribution in [0.4, 0.5) is 13.2 Å². The Bertz CT molecular complexity index is 554. The highest BCUT2D eigenvalue weighted by Gasteiger charge is 2.36. The molecule has 1 rings (SSSR count). The van der Waals surface area contributed by atoms with Crippen molar-refractivity contribution in [3.8, 4) is 0 Å². The van der Waals surface area contributed by atoms with E-state index in [1.165, 1.54) is 0 Å². The molecule has 1 amide bonds. The van der Waals surface area contributed by atoms with Crippen LogP contribution in [0.25, 0.3) is 0 Å². The van der Waals surface area contributed by atoms with Crippen molar-refractivity contribution in [3.05, 3.63) is 17.5 Å². The first-order valence-electron chi connectivity index (χ1n) is 6.61. The van der Waals surface area contributed by atoms with E-state index in [0.717, 1.165) is 11.4 Å². The van der Waals surface area contributed by atoms with Crippen molar-refractivity contribution in [3.63, 3.8) is 0 Å². The Balaban J connectivity index is 2.67. The third-order valence-corrected chi connectivity index (χ3v) is 3.01. The first-order valence-corrected chi connectivity index (χ1v) is 6.61. The summed E-state index contributed by atoms with van der Waals surface area (Å²) in [6.45, 7) is 5.25. The van der Waals surface area contributed by atoms with Crippen LogP contribution in [-0.4, -0.2) is 39.0 Å². The Morgan fingerprint density at radius 3 is 2.41 bits per heavy atom. The van der Waals surface area contributed by atoms with Crippen LogP contribution in [0.3, 0.4) is 0 Å². The van der Waals surface area contributed by atoms with Crippen LogP contribution in [0.5, 0.6) is 0 Å². The topological polar surface area (TPSA) is 84.2 Å². The lowest BCUT2D eigenvalue weighted by Crippen LogP contribution is -2.44. The van der Waals surface area contributed by atoms with Crippen molar-refractivity contribution in [1.82, 2.24) is 15.1 Å². The van der Waals surface area contributed by atoms with E-state index < -0.39 is 36.6 Å². The Hall–Kier alpha value is -2.06. The number of aliphatic carboxylic acids is 1. The van der Waals surface area contributed by atoms with E-state index in [1.54, 1.807) is 31.5 Å². The molecule has 0 aliphatic carbocycles. The average Bonchev–Trinajstić information content (AvgIpc) is 2.65. The predicted molar refractivity (Wildman–Crippen MR) is 71.3 cm³/mol. The molecule has 2 N–H and O–H groups in total. The molecule has 0 saturated carbocycles. The minimum absolute atomic E-state index is 0.163. The molecule has 0 aliphatic rings. The van der Waals surface area contributed by atoms with E-state index in [1.807, 2.05) is 5.32 Å². The number of amides is 1. The number of nitrogens with zero attached hydrogens (tertiary/aromatic N) is 2. The zero-order valence-corrected chi connectivity index (χ0v) is 12.4. The van der Waals surface area contributed by atoms with Gasteiger partial charge in [-0.3, -0.25) is 9.48 Å². The van der Waals surface area contributed by atoms with Gasteiger partial charge in [-0.05, 0) is 26.8 Å². The average molecular weight is 321 g/mol. The number of carboxylic acids is 1. The highest BCUT2D eigenvalue weighted by atomic mass is 19.4. The highest BCUT2D eigenvalue weighted by Crippen LogP contribution is 2.22. The number of hydrogen-bond donors (Lipinski definition) is 2. The van der Waals surface area contributed by atoms with Crippen LogP contribution in [0.15, 0.2) is 6.07 Å². The molecule has 22 heavy (non-hydrogen) atoms. The van der Waals surface area contributed by atoms with Crippen LogP contribution >= 0.6 is 0 Å². The first kappa shape index (κ1) is 18.0. The summed E-state index contributed by atoms with van der Waals surface area (Å²) in [4.78, 5) is 22.6. The number of alkyl halides is 3. The van der Waals surface area contributed by atoms with E-state index in [-0.39, 0.29) is 6.42 Å². The van der Waals surface area contributed by atoms with Gasteiger partial charge < -0.3 is 10.4 Å². The van der Waals surface area contributed by atoms with Gasteiger partial charge in [-0.25, -0.2) is 4.79 Å². The maximum absolute atomic E-state index is 12.3. The van der Waals surface area contributed by atoms with Crippen LogP contribution in [0, 0.1) is 13.8 Å². The highest BCUT2D eigenvalue weighted by molar-refractivity contribution is 5.83. The molecule has 2 atom stereocenters. The lowest BCUT2D eigenvalue weighted by Gasteiger charge is -2.18. The van der Waals surface area contributed by atoms with E-state index >= 15 is 0 Å². The number of nitrogens with one attached hydrogen (secondary N) is 1. The summed E-state index contributed by atoms with van der Waals surface area (Å²) < 4.78 is 38.4. The van der Waals surface area contributed by atoms with Crippen LogP contribution in [0.2, 0.25) is 0 Å². The van der Waals surface area contributed by atoms with Gasteiger partial charge in [-0.1, -0.05) is 0 Å². The Morgan fingerprint density at radius 1 is 1.41 bits per heavy atom. The molecule has 0 aliphatic heterocycles. The number of aryl methyl sites for hydroxylation is 2. The summed E-state index contributed by atoms with van der Waals surface area (Å²) in [7, 11) is 0. The van der Waals surface area contributed by atoms with Gasteiger partial charge in [0.2, 0.25) is 5.91 Å². The number of rotatable bonds is 6. The third kappa shape index (κ3) is 5.38. The quantitative estimate of drug-likeness (QED) is 0.839.